The Kier molecular flexibility index (Phi) is 4.78. The summed E-state index contributed by atoms with van der Waals surface area (Å²) < 4.78 is 1.91. The largest absolute Gasteiger partial charge is 0.369 e. The Morgan fingerprint density at radius 3 is 2.66 bits per heavy atom. The van der Waals surface area contributed by atoms with Gasteiger partial charge in [0.05, 0.1) is 22.8 Å². The van der Waals surface area contributed by atoms with Crippen molar-refractivity contribution in [2.45, 2.75) is 38.0 Å². The van der Waals surface area contributed by atoms with Gasteiger partial charge in [-0.05, 0) is 56.7 Å². The highest BCUT2D eigenvalue weighted by Gasteiger charge is 2.34. The molecular formula is C22H29N5O2. The van der Waals surface area contributed by atoms with Crippen LogP contribution < -0.4 is 15.5 Å². The molecule has 29 heavy (non-hydrogen) atoms. The Labute approximate surface area is 170 Å². The van der Waals surface area contributed by atoms with Crippen LogP contribution in [0.4, 0.5) is 5.69 Å². The van der Waals surface area contributed by atoms with Crippen molar-refractivity contribution in [3.8, 4) is 0 Å². The summed E-state index contributed by atoms with van der Waals surface area (Å²) in [6, 6.07) is 6.28. The molecule has 3 aliphatic heterocycles. The van der Waals surface area contributed by atoms with Crippen molar-refractivity contribution in [3.05, 3.63) is 23.9 Å². The van der Waals surface area contributed by atoms with E-state index in [1.54, 1.807) is 0 Å². The lowest BCUT2D eigenvalue weighted by molar-refractivity contribution is -0.134. The molecule has 0 saturated carbocycles. The average Bonchev–Trinajstić information content (AvgIpc) is 3.02. The Bertz CT molecular complexity index is 940. The number of imide groups is 1. The van der Waals surface area contributed by atoms with Gasteiger partial charge in [-0.1, -0.05) is 12.1 Å². The summed E-state index contributed by atoms with van der Waals surface area (Å²) in [5, 5.41) is 11.7. The number of carbonyl (C=O) groups is 2. The highest BCUT2D eigenvalue weighted by atomic mass is 16.2. The number of nitrogens with one attached hydrogen (secondary N) is 2. The Balaban J connectivity index is 1.35. The fourth-order valence-electron chi connectivity index (χ4n) is 5.32. The number of anilines is 1. The van der Waals surface area contributed by atoms with Crippen LogP contribution >= 0.6 is 0 Å². The van der Waals surface area contributed by atoms with Gasteiger partial charge in [0.1, 0.15) is 0 Å². The minimum atomic E-state index is -0.351. The summed E-state index contributed by atoms with van der Waals surface area (Å²) in [5.41, 5.74) is 3.09. The number of para-hydroxylation sites is 1. The van der Waals surface area contributed by atoms with Gasteiger partial charge in [-0.15, -0.1) is 0 Å². The first-order chi connectivity index (χ1) is 14.1. The van der Waals surface area contributed by atoms with E-state index in [0.717, 1.165) is 41.5 Å². The first kappa shape index (κ1) is 18.6. The summed E-state index contributed by atoms with van der Waals surface area (Å²) in [5.74, 6) is 0.882. The minimum Gasteiger partial charge on any atom is -0.369 e. The molecule has 0 bridgehead atoms. The fourth-order valence-corrected chi connectivity index (χ4v) is 5.32. The maximum Gasteiger partial charge on any atom is 0.235 e. The third-order valence-corrected chi connectivity index (χ3v) is 6.86. The molecule has 1 unspecified atom stereocenters. The molecule has 1 aromatic heterocycles. The van der Waals surface area contributed by atoms with E-state index in [1.807, 2.05) is 11.7 Å². The second-order valence-electron chi connectivity index (χ2n) is 8.89. The predicted molar refractivity (Wildman–Crippen MR) is 112 cm³/mol. The maximum atomic E-state index is 12.4. The molecule has 0 spiro atoms. The smallest absolute Gasteiger partial charge is 0.235 e. The first-order valence-corrected chi connectivity index (χ1v) is 10.8. The Hall–Kier alpha value is -2.41. The van der Waals surface area contributed by atoms with Gasteiger partial charge < -0.3 is 10.2 Å². The summed E-state index contributed by atoms with van der Waals surface area (Å²) in [6.45, 7) is 4.53. The van der Waals surface area contributed by atoms with Crippen LogP contribution in [-0.4, -0.2) is 47.8 Å². The molecule has 3 aliphatic rings. The molecule has 0 aliphatic carbocycles. The summed E-state index contributed by atoms with van der Waals surface area (Å²) in [4.78, 5) is 26.3. The van der Waals surface area contributed by atoms with Crippen molar-refractivity contribution >= 4 is 28.4 Å². The molecular weight excluding hydrogens is 366 g/mol. The Morgan fingerprint density at radius 1 is 1.10 bits per heavy atom. The molecule has 0 radical (unpaired) electrons. The van der Waals surface area contributed by atoms with E-state index in [-0.39, 0.29) is 17.7 Å². The van der Waals surface area contributed by atoms with Crippen molar-refractivity contribution in [3.63, 3.8) is 0 Å². The van der Waals surface area contributed by atoms with Gasteiger partial charge >= 0.3 is 0 Å². The topological polar surface area (TPSA) is 79.3 Å². The molecule has 7 heteroatoms. The van der Waals surface area contributed by atoms with Crippen LogP contribution in [0.25, 0.3) is 10.9 Å². The highest BCUT2D eigenvalue weighted by Crippen LogP contribution is 2.38. The summed E-state index contributed by atoms with van der Waals surface area (Å²) in [6.07, 6.45) is 4.86. The number of nitrogens with zero attached hydrogens (tertiary/aromatic N) is 3. The number of aryl methyl sites for hydroxylation is 1. The molecule has 2 aromatic rings. The van der Waals surface area contributed by atoms with Crippen LogP contribution in [0.15, 0.2) is 18.2 Å². The van der Waals surface area contributed by atoms with Gasteiger partial charge in [0.2, 0.25) is 11.8 Å². The zero-order chi connectivity index (χ0) is 20.0. The molecule has 5 rings (SSSR count). The third kappa shape index (κ3) is 3.41. The van der Waals surface area contributed by atoms with Crippen molar-refractivity contribution < 1.29 is 9.59 Å². The van der Waals surface area contributed by atoms with E-state index < -0.39 is 0 Å². The van der Waals surface area contributed by atoms with E-state index in [1.165, 1.54) is 38.0 Å². The van der Waals surface area contributed by atoms with Crippen LogP contribution in [0.5, 0.6) is 0 Å². The lowest BCUT2D eigenvalue weighted by Crippen LogP contribution is -2.48. The van der Waals surface area contributed by atoms with Gasteiger partial charge in [0.25, 0.3) is 0 Å². The Morgan fingerprint density at radius 2 is 1.90 bits per heavy atom. The summed E-state index contributed by atoms with van der Waals surface area (Å²) in [7, 11) is 1.95. The second kappa shape index (κ2) is 7.44. The van der Waals surface area contributed by atoms with E-state index in [2.05, 4.69) is 33.7 Å². The van der Waals surface area contributed by atoms with Crippen molar-refractivity contribution in [1.82, 2.24) is 20.4 Å². The SMILES string of the molecule is Cn1nc(C2CCC(=O)NC2=O)c2cccc(N3CC(CC4CCNCC4)C3)c21. The minimum absolute atomic E-state index is 0.187. The lowest BCUT2D eigenvalue weighted by atomic mass is 9.83. The van der Waals surface area contributed by atoms with Crippen LogP contribution in [0.1, 0.15) is 43.7 Å². The quantitative estimate of drug-likeness (QED) is 0.774. The van der Waals surface area contributed by atoms with Crippen LogP contribution in [0.2, 0.25) is 0 Å². The highest BCUT2D eigenvalue weighted by molar-refractivity contribution is 6.03. The van der Waals surface area contributed by atoms with E-state index in [0.29, 0.717) is 12.8 Å². The van der Waals surface area contributed by atoms with Gasteiger partial charge in [0, 0.05) is 31.9 Å². The maximum absolute atomic E-state index is 12.4. The number of benzene rings is 1. The van der Waals surface area contributed by atoms with Gasteiger partial charge in [0.15, 0.2) is 0 Å². The number of piperidine rings is 2. The van der Waals surface area contributed by atoms with Crippen LogP contribution in [-0.2, 0) is 16.6 Å². The lowest BCUT2D eigenvalue weighted by Gasteiger charge is -2.43. The van der Waals surface area contributed by atoms with Crippen molar-refractivity contribution in [2.24, 2.45) is 18.9 Å². The van der Waals surface area contributed by atoms with Crippen molar-refractivity contribution in [2.75, 3.05) is 31.1 Å². The molecule has 3 saturated heterocycles. The number of aromatic nitrogens is 2. The molecule has 2 amide bonds. The van der Waals surface area contributed by atoms with E-state index >= 15 is 0 Å². The fraction of sp³-hybridized carbons (Fsp3) is 0.591. The zero-order valence-corrected chi connectivity index (χ0v) is 17.0. The van der Waals surface area contributed by atoms with Gasteiger partial charge in [-0.25, -0.2) is 0 Å². The second-order valence-corrected chi connectivity index (χ2v) is 8.89. The van der Waals surface area contributed by atoms with Crippen LogP contribution in [0.3, 0.4) is 0 Å². The third-order valence-electron chi connectivity index (χ3n) is 6.86. The standard InChI is InChI=1S/C22H29N5O2/c1-26-21-16(20(25-26)17-5-6-19(28)24-22(17)29)3-2-4-18(21)27-12-15(13-27)11-14-7-9-23-10-8-14/h2-4,14-15,17,23H,5-13H2,1H3,(H,24,28,29). The number of rotatable bonds is 4. The van der Waals surface area contributed by atoms with Gasteiger partial charge in [-0.2, -0.15) is 5.10 Å². The number of amides is 2. The molecule has 4 heterocycles. The summed E-state index contributed by atoms with van der Waals surface area (Å²) >= 11 is 0. The van der Waals surface area contributed by atoms with Gasteiger partial charge in [-0.3, -0.25) is 19.6 Å². The number of carbonyl (C=O) groups excluding carboxylic acids is 2. The van der Waals surface area contributed by atoms with E-state index in [4.69, 9.17) is 5.10 Å². The van der Waals surface area contributed by atoms with Crippen molar-refractivity contribution in [1.29, 1.82) is 0 Å². The average molecular weight is 396 g/mol. The number of fused-ring (bicyclic) bond motifs is 1. The molecule has 154 valence electrons. The first-order valence-electron chi connectivity index (χ1n) is 10.8. The zero-order valence-electron chi connectivity index (χ0n) is 17.0. The monoisotopic (exact) mass is 395 g/mol. The molecule has 1 atom stereocenters. The number of hydrogen-bond donors (Lipinski definition) is 2. The molecule has 3 fully saturated rings. The molecule has 1 aromatic carbocycles. The van der Waals surface area contributed by atoms with Crippen LogP contribution in [0, 0.1) is 11.8 Å². The normalized spacial score (nSPS) is 24.0. The number of hydrogen-bond acceptors (Lipinski definition) is 5. The van der Waals surface area contributed by atoms with E-state index in [9.17, 15) is 9.59 Å². The molecule has 7 nitrogen and oxygen atoms in total. The molecule has 2 N–H and O–H groups in total. The predicted octanol–water partition coefficient (Wildman–Crippen LogP) is 1.92.